The van der Waals surface area contributed by atoms with Gasteiger partial charge in [-0.05, 0) is 54.3 Å². The third kappa shape index (κ3) is 5.32. The summed E-state index contributed by atoms with van der Waals surface area (Å²) in [6.45, 7) is 0.274. The molecule has 0 radical (unpaired) electrons. The van der Waals surface area contributed by atoms with Crippen molar-refractivity contribution in [1.29, 1.82) is 0 Å². The Morgan fingerprint density at radius 1 is 1.25 bits per heavy atom. The Morgan fingerprint density at radius 3 is 2.81 bits per heavy atom. The van der Waals surface area contributed by atoms with E-state index in [0.717, 1.165) is 24.0 Å². The average Bonchev–Trinajstić information content (AvgIpc) is 3.28. The summed E-state index contributed by atoms with van der Waals surface area (Å²) in [5.74, 6) is 0.386. The highest BCUT2D eigenvalue weighted by molar-refractivity contribution is 7.86. The van der Waals surface area contributed by atoms with Crippen LogP contribution in [-0.4, -0.2) is 21.8 Å². The van der Waals surface area contributed by atoms with Gasteiger partial charge in [0.1, 0.15) is 17.4 Å². The average molecular weight is 512 g/mol. The molecule has 3 unspecified atom stereocenters. The maximum atomic E-state index is 14.0. The van der Waals surface area contributed by atoms with Gasteiger partial charge in [-0.2, -0.15) is 0 Å². The highest BCUT2D eigenvalue weighted by Gasteiger charge is 2.27. The minimum Gasteiger partial charge on any atom is -0.491 e. The number of anilines is 1. The minimum absolute atomic E-state index is 0.0794. The van der Waals surface area contributed by atoms with Gasteiger partial charge in [-0.25, -0.2) is 13.6 Å². The second-order valence-corrected chi connectivity index (χ2v) is 10.0. The number of ether oxygens (including phenoxy) is 1. The fourth-order valence-electron chi connectivity index (χ4n) is 3.55. The highest BCUT2D eigenvalue weighted by Crippen LogP contribution is 2.35. The number of nitrogens with one attached hydrogen (secondary N) is 1. The smallest absolute Gasteiger partial charge is 0.151 e. The Hall–Kier alpha value is -1.97. The van der Waals surface area contributed by atoms with E-state index < -0.39 is 16.8 Å². The third-order valence-electron chi connectivity index (χ3n) is 5.20. The summed E-state index contributed by atoms with van der Waals surface area (Å²) in [5, 5.41) is 2.18. The molecule has 1 aliphatic rings. The molecule has 0 saturated carbocycles. The van der Waals surface area contributed by atoms with Gasteiger partial charge >= 0.3 is 0 Å². The van der Waals surface area contributed by atoms with Crippen LogP contribution in [-0.2, 0) is 11.0 Å². The van der Waals surface area contributed by atoms with E-state index in [1.165, 1.54) is 17.4 Å². The second kappa shape index (κ2) is 10.3. The number of hydrogen-bond donors (Lipinski definition) is 2. The first kappa shape index (κ1) is 23.2. The van der Waals surface area contributed by atoms with Gasteiger partial charge < -0.3 is 10.5 Å². The van der Waals surface area contributed by atoms with Gasteiger partial charge in [0.05, 0.1) is 27.1 Å². The fourth-order valence-corrected chi connectivity index (χ4v) is 5.36. The van der Waals surface area contributed by atoms with Crippen LogP contribution in [0.25, 0.3) is 5.57 Å². The fraction of sp³-hybridized carbons (Fsp3) is 0.227. The topological polar surface area (TPSA) is 77.2 Å². The lowest BCUT2D eigenvalue weighted by Crippen LogP contribution is -2.36. The number of halogens is 3. The molecule has 0 aliphatic heterocycles. The number of benzene rings is 2. The lowest BCUT2D eigenvalue weighted by Gasteiger charge is -2.30. The Kier molecular flexibility index (Phi) is 7.48. The molecule has 4 rings (SSSR count). The van der Waals surface area contributed by atoms with Crippen molar-refractivity contribution in [3.63, 3.8) is 0 Å². The summed E-state index contributed by atoms with van der Waals surface area (Å²) in [5.41, 5.74) is 9.70. The molecule has 32 heavy (non-hydrogen) atoms. The Morgan fingerprint density at radius 2 is 2.09 bits per heavy atom. The molecule has 1 aromatic heterocycles. The number of aromatic nitrogens is 1. The molecule has 0 amide bonds. The van der Waals surface area contributed by atoms with Gasteiger partial charge in [0, 0.05) is 17.3 Å². The lowest BCUT2D eigenvalue weighted by molar-refractivity contribution is 0.253. The number of allylic oxidation sites excluding steroid dienone is 1. The van der Waals surface area contributed by atoms with E-state index in [0.29, 0.717) is 21.5 Å². The molecule has 3 N–H and O–H groups in total. The van der Waals surface area contributed by atoms with Crippen LogP contribution in [0.1, 0.15) is 18.4 Å². The largest absolute Gasteiger partial charge is 0.491 e. The molecule has 10 heteroatoms. The number of rotatable bonds is 7. The van der Waals surface area contributed by atoms with E-state index >= 15 is 0 Å². The molecular formula is C22H20Cl2FN3O2S2. The second-order valence-electron chi connectivity index (χ2n) is 7.28. The summed E-state index contributed by atoms with van der Waals surface area (Å²) in [4.78, 5) is 4.56. The van der Waals surface area contributed by atoms with E-state index in [1.54, 1.807) is 41.2 Å². The zero-order valence-corrected chi connectivity index (χ0v) is 19.9. The standard InChI is InChI=1S/C22H20Cl2FN3O2S2/c23-17-6-4-13(8-19(17)25)15-2-1-3-20(26)16(15)10-30-21-7-5-14(9-18(21)24)32(29)28-22-11-31-12-27-22/h2,4-9,11-12,16,20,28H,1,3,10,26H2. The van der Waals surface area contributed by atoms with Gasteiger partial charge in [-0.3, -0.25) is 4.72 Å². The molecule has 0 spiro atoms. The van der Waals surface area contributed by atoms with E-state index in [-0.39, 0.29) is 23.6 Å². The Labute approximate surface area is 202 Å². The van der Waals surface area contributed by atoms with Crippen molar-refractivity contribution in [2.24, 2.45) is 11.7 Å². The number of nitrogens with zero attached hydrogens (tertiary/aromatic N) is 1. The van der Waals surface area contributed by atoms with E-state index in [1.807, 2.05) is 0 Å². The van der Waals surface area contributed by atoms with Gasteiger partial charge in [0.2, 0.25) is 0 Å². The van der Waals surface area contributed by atoms with Gasteiger partial charge in [0.15, 0.2) is 11.0 Å². The van der Waals surface area contributed by atoms with Crippen LogP contribution >= 0.6 is 34.5 Å². The highest BCUT2D eigenvalue weighted by atomic mass is 35.5. The first-order chi connectivity index (χ1) is 15.4. The van der Waals surface area contributed by atoms with Crippen molar-refractivity contribution in [2.75, 3.05) is 11.3 Å². The predicted molar refractivity (Wildman–Crippen MR) is 129 cm³/mol. The van der Waals surface area contributed by atoms with Crippen molar-refractivity contribution in [1.82, 2.24) is 4.98 Å². The summed E-state index contributed by atoms with van der Waals surface area (Å²) in [7, 11) is -1.50. The molecule has 3 aromatic rings. The molecule has 3 atom stereocenters. The first-order valence-corrected chi connectivity index (χ1v) is 12.7. The van der Waals surface area contributed by atoms with Crippen molar-refractivity contribution >= 4 is 56.9 Å². The van der Waals surface area contributed by atoms with Crippen LogP contribution in [0.5, 0.6) is 5.75 Å². The maximum Gasteiger partial charge on any atom is 0.151 e. The molecule has 1 aliphatic carbocycles. The molecule has 0 fully saturated rings. The molecule has 1 heterocycles. The van der Waals surface area contributed by atoms with Crippen LogP contribution in [0.15, 0.2) is 58.3 Å². The molecule has 168 valence electrons. The quantitative estimate of drug-likeness (QED) is 0.412. The van der Waals surface area contributed by atoms with Crippen LogP contribution < -0.4 is 15.2 Å². The number of hydrogen-bond acceptors (Lipinski definition) is 5. The lowest BCUT2D eigenvalue weighted by atomic mass is 9.81. The van der Waals surface area contributed by atoms with Crippen LogP contribution in [0, 0.1) is 11.7 Å². The summed E-state index contributed by atoms with van der Waals surface area (Å²) in [6, 6.07) is 9.57. The van der Waals surface area contributed by atoms with E-state index in [2.05, 4.69) is 15.8 Å². The number of nitrogens with two attached hydrogens (primary N) is 1. The molecule has 5 nitrogen and oxygen atoms in total. The minimum atomic E-state index is -1.50. The predicted octanol–water partition coefficient (Wildman–Crippen LogP) is 5.92. The summed E-state index contributed by atoms with van der Waals surface area (Å²) < 4.78 is 35.3. The SMILES string of the molecule is NC1CCC=C(c2ccc(Cl)c(F)c2)C1COc1ccc(S(=O)Nc2cscn2)cc1Cl. The zero-order chi connectivity index (χ0) is 22.7. The van der Waals surface area contributed by atoms with Crippen LogP contribution in [0.3, 0.4) is 0 Å². The Bertz CT molecular complexity index is 1160. The van der Waals surface area contributed by atoms with Gasteiger partial charge in [-0.15, -0.1) is 11.3 Å². The maximum absolute atomic E-state index is 14.0. The van der Waals surface area contributed by atoms with Crippen LogP contribution in [0.4, 0.5) is 10.2 Å². The zero-order valence-electron chi connectivity index (χ0n) is 16.8. The Balaban J connectivity index is 1.47. The van der Waals surface area contributed by atoms with E-state index in [4.69, 9.17) is 33.7 Å². The molecule has 2 aromatic carbocycles. The van der Waals surface area contributed by atoms with Crippen LogP contribution in [0.2, 0.25) is 10.0 Å². The van der Waals surface area contributed by atoms with Crippen molar-refractivity contribution in [3.05, 3.63) is 74.8 Å². The normalized spacial score (nSPS) is 19.3. The van der Waals surface area contributed by atoms with Crippen molar-refractivity contribution in [2.45, 2.75) is 23.8 Å². The van der Waals surface area contributed by atoms with Crippen molar-refractivity contribution in [3.8, 4) is 5.75 Å². The summed E-state index contributed by atoms with van der Waals surface area (Å²) >= 11 is 13.6. The first-order valence-electron chi connectivity index (χ1n) is 9.82. The number of thiazole rings is 1. The molecular weight excluding hydrogens is 492 g/mol. The monoisotopic (exact) mass is 511 g/mol. The molecule has 0 saturated heterocycles. The van der Waals surface area contributed by atoms with E-state index in [9.17, 15) is 8.60 Å². The van der Waals surface area contributed by atoms with Crippen molar-refractivity contribution < 1.29 is 13.3 Å². The van der Waals surface area contributed by atoms with Gasteiger partial charge in [0.25, 0.3) is 0 Å². The van der Waals surface area contributed by atoms with Gasteiger partial charge in [-0.1, -0.05) is 35.3 Å². The third-order valence-corrected chi connectivity index (χ3v) is 7.46. The summed E-state index contributed by atoms with van der Waals surface area (Å²) in [6.07, 6.45) is 3.68. The molecule has 0 bridgehead atoms.